The number of hydrogen-bond donors (Lipinski definition) is 3. The van der Waals surface area contributed by atoms with Crippen molar-refractivity contribution in [3.8, 4) is 0 Å². The van der Waals surface area contributed by atoms with Crippen molar-refractivity contribution < 1.29 is 14.1 Å². The second kappa shape index (κ2) is 10.5. The number of pyridine rings is 2. The van der Waals surface area contributed by atoms with Crippen LogP contribution in [0.25, 0.3) is 0 Å². The highest BCUT2D eigenvalue weighted by atomic mass is 16.2. The van der Waals surface area contributed by atoms with Gasteiger partial charge in [-0.05, 0) is 56.4 Å². The average Bonchev–Trinajstić information content (AvgIpc) is 3.66. The molecule has 198 valence electrons. The molecule has 1 unspecified atom stereocenters. The zero-order valence-electron chi connectivity index (χ0n) is 22.0. The first-order valence-electron chi connectivity index (χ1n) is 13.9. The Morgan fingerprint density at radius 3 is 2.65 bits per heavy atom. The number of amides is 2. The highest BCUT2D eigenvalue weighted by Crippen LogP contribution is 2.59. The van der Waals surface area contributed by atoms with Crippen LogP contribution >= 0.6 is 0 Å². The van der Waals surface area contributed by atoms with Crippen LogP contribution in [0.3, 0.4) is 0 Å². The number of nitrogens with one attached hydrogen (secondary N) is 1. The summed E-state index contributed by atoms with van der Waals surface area (Å²) in [5.41, 5.74) is 13.9. The molecule has 5 rings (SSSR count). The van der Waals surface area contributed by atoms with E-state index in [9.17, 15) is 9.59 Å². The molecule has 3 heterocycles. The van der Waals surface area contributed by atoms with Crippen molar-refractivity contribution in [2.24, 2.45) is 17.6 Å². The number of primary amides is 1. The number of aryl methyl sites for hydroxylation is 1. The van der Waals surface area contributed by atoms with Crippen LogP contribution in [0, 0.1) is 18.8 Å². The minimum atomic E-state index is -0.833. The number of likely N-dealkylation sites (tertiary alicyclic amines) is 1. The van der Waals surface area contributed by atoms with E-state index in [-0.39, 0.29) is 28.3 Å². The number of carbonyl (C=O) groups is 2. The predicted octanol–water partition coefficient (Wildman–Crippen LogP) is 3.38. The predicted molar refractivity (Wildman–Crippen MR) is 143 cm³/mol. The van der Waals surface area contributed by atoms with E-state index in [1.54, 1.807) is 12.3 Å². The van der Waals surface area contributed by atoms with Gasteiger partial charge in [-0.1, -0.05) is 38.2 Å². The number of carbonyl (C=O) groups excluding carboxylic acids is 2. The van der Waals surface area contributed by atoms with Gasteiger partial charge in [0.25, 0.3) is 5.91 Å². The first-order chi connectivity index (χ1) is 17.9. The molecule has 2 amide bonds. The lowest BCUT2D eigenvalue weighted by atomic mass is 9.83. The quantitative estimate of drug-likeness (QED) is 0.449. The zero-order chi connectivity index (χ0) is 26.0. The summed E-state index contributed by atoms with van der Waals surface area (Å²) < 4.78 is 0.0893. The molecule has 1 saturated heterocycles. The number of nitrogens with zero attached hydrogens (tertiary/aromatic N) is 3. The van der Waals surface area contributed by atoms with E-state index >= 15 is 0 Å². The van der Waals surface area contributed by atoms with Crippen molar-refractivity contribution in [3.05, 3.63) is 53.5 Å². The fraction of sp³-hybridized carbons (Fsp3) is 0.586. The Morgan fingerprint density at radius 1 is 1.14 bits per heavy atom. The molecule has 4 atom stereocenters. The molecular weight excluding hydrogens is 464 g/mol. The standard InChI is InChI=1S/C29H40N6O2/c1-20-22(12-13-26(30)34-20)19-35(15-7-10-23-17-29(23,35)28(31)37)27(36)25(16-21-8-3-2-4-9-21)33-18-24-11-5-6-14-32-24/h5-6,11-14,21,23,25,33H,2-4,7-10,15-19H2,1H3,(H3-,30,31,34,37)/p+1/t23-,25-,29+,35?/m1/s1. The lowest BCUT2D eigenvalue weighted by Gasteiger charge is -2.46. The van der Waals surface area contributed by atoms with Crippen LogP contribution in [-0.2, 0) is 22.7 Å². The molecular formula is C29H41N6O2+. The third kappa shape index (κ3) is 4.89. The van der Waals surface area contributed by atoms with E-state index in [1.165, 1.54) is 19.3 Å². The number of quaternary nitrogens is 1. The Labute approximate surface area is 219 Å². The fourth-order valence-electron chi connectivity index (χ4n) is 7.23. The number of hydrogen-bond acceptors (Lipinski definition) is 6. The average molecular weight is 506 g/mol. The Bertz CT molecular complexity index is 1130. The molecule has 8 heteroatoms. The molecule has 0 radical (unpaired) electrons. The summed E-state index contributed by atoms with van der Waals surface area (Å²) in [7, 11) is 0. The molecule has 0 spiro atoms. The van der Waals surface area contributed by atoms with Crippen LogP contribution in [0.4, 0.5) is 5.82 Å². The lowest BCUT2D eigenvalue weighted by molar-refractivity contribution is -0.900. The van der Waals surface area contributed by atoms with E-state index in [4.69, 9.17) is 11.5 Å². The highest BCUT2D eigenvalue weighted by Gasteiger charge is 2.76. The zero-order valence-corrected chi connectivity index (χ0v) is 22.0. The SMILES string of the molecule is Cc1nc(N)ccc1C[N+]1(C(=O)[C@@H](CC2CCCCC2)NCc2ccccn2)CCC[C@@H]2C[C@@]21C(N)=O. The van der Waals surface area contributed by atoms with Crippen molar-refractivity contribution in [2.45, 2.75) is 89.4 Å². The topological polar surface area (TPSA) is 124 Å². The smallest absolute Gasteiger partial charge is 0.331 e. The normalized spacial score (nSPS) is 28.3. The third-order valence-corrected chi connectivity index (χ3v) is 9.28. The summed E-state index contributed by atoms with van der Waals surface area (Å²) in [5.74, 6) is 0.879. The van der Waals surface area contributed by atoms with Crippen molar-refractivity contribution in [1.82, 2.24) is 15.3 Å². The molecule has 2 saturated carbocycles. The van der Waals surface area contributed by atoms with Gasteiger partial charge >= 0.3 is 5.91 Å². The molecule has 3 aliphatic rings. The lowest BCUT2D eigenvalue weighted by Crippen LogP contribution is -2.71. The molecule has 2 aromatic heterocycles. The maximum Gasteiger partial charge on any atom is 0.331 e. The van der Waals surface area contributed by atoms with E-state index in [2.05, 4.69) is 15.3 Å². The van der Waals surface area contributed by atoms with Gasteiger partial charge in [0.15, 0.2) is 5.54 Å². The van der Waals surface area contributed by atoms with Gasteiger partial charge in [0.1, 0.15) is 18.4 Å². The molecule has 2 aliphatic carbocycles. The molecule has 37 heavy (non-hydrogen) atoms. The summed E-state index contributed by atoms with van der Waals surface area (Å²) in [6, 6.07) is 9.22. The third-order valence-electron chi connectivity index (χ3n) is 9.28. The monoisotopic (exact) mass is 505 g/mol. The second-order valence-corrected chi connectivity index (χ2v) is 11.5. The van der Waals surface area contributed by atoms with Gasteiger partial charge < -0.3 is 11.5 Å². The summed E-state index contributed by atoms with van der Waals surface area (Å²) >= 11 is 0. The molecule has 2 aromatic rings. The van der Waals surface area contributed by atoms with Crippen molar-refractivity contribution in [3.63, 3.8) is 0 Å². The maximum atomic E-state index is 14.9. The van der Waals surface area contributed by atoms with Crippen molar-refractivity contribution in [2.75, 3.05) is 12.3 Å². The molecule has 1 aliphatic heterocycles. The number of fused-ring (bicyclic) bond motifs is 1. The number of piperidine rings is 1. The molecule has 5 N–H and O–H groups in total. The Balaban J connectivity index is 1.51. The van der Waals surface area contributed by atoms with E-state index in [0.717, 1.165) is 49.1 Å². The summed E-state index contributed by atoms with van der Waals surface area (Å²) in [6.45, 7) is 3.48. The number of nitrogens with two attached hydrogens (primary N) is 2. The number of nitrogen functional groups attached to an aromatic ring is 1. The van der Waals surface area contributed by atoms with Crippen LogP contribution < -0.4 is 16.8 Å². The minimum absolute atomic E-state index is 0.0893. The van der Waals surface area contributed by atoms with E-state index < -0.39 is 5.54 Å². The van der Waals surface area contributed by atoms with E-state index in [1.807, 2.05) is 31.2 Å². The molecule has 3 fully saturated rings. The van der Waals surface area contributed by atoms with Gasteiger partial charge in [0.05, 0.1) is 12.2 Å². The molecule has 0 bridgehead atoms. The Morgan fingerprint density at radius 2 is 1.95 bits per heavy atom. The summed E-state index contributed by atoms with van der Waals surface area (Å²) in [6.07, 6.45) is 11.1. The van der Waals surface area contributed by atoms with Gasteiger partial charge in [0.2, 0.25) is 0 Å². The van der Waals surface area contributed by atoms with Crippen molar-refractivity contribution >= 4 is 17.6 Å². The summed E-state index contributed by atoms with van der Waals surface area (Å²) in [4.78, 5) is 37.0. The number of aromatic nitrogens is 2. The largest absolute Gasteiger partial charge is 0.384 e. The van der Waals surface area contributed by atoms with Crippen molar-refractivity contribution in [1.29, 1.82) is 0 Å². The molecule has 8 nitrogen and oxygen atoms in total. The first-order valence-corrected chi connectivity index (χ1v) is 13.9. The van der Waals surface area contributed by atoms with Crippen LogP contribution in [0.5, 0.6) is 0 Å². The minimum Gasteiger partial charge on any atom is -0.384 e. The van der Waals surface area contributed by atoms with Crippen LogP contribution in [0.2, 0.25) is 0 Å². The number of anilines is 1. The van der Waals surface area contributed by atoms with Gasteiger partial charge in [-0.3, -0.25) is 15.1 Å². The van der Waals surface area contributed by atoms with Gasteiger partial charge in [-0.25, -0.2) is 14.3 Å². The van der Waals surface area contributed by atoms with Crippen LogP contribution in [0.1, 0.15) is 74.7 Å². The van der Waals surface area contributed by atoms with Gasteiger partial charge in [-0.2, -0.15) is 0 Å². The maximum absolute atomic E-state index is 14.9. The Hall–Kier alpha value is -2.84. The first kappa shape index (κ1) is 25.8. The van der Waals surface area contributed by atoms with E-state index in [0.29, 0.717) is 37.8 Å². The Kier molecular flexibility index (Phi) is 7.32. The summed E-state index contributed by atoms with van der Waals surface area (Å²) in [5, 5.41) is 3.59. The van der Waals surface area contributed by atoms with Gasteiger partial charge in [-0.15, -0.1) is 0 Å². The highest BCUT2D eigenvalue weighted by molar-refractivity contribution is 5.91. The van der Waals surface area contributed by atoms with Crippen LogP contribution in [0.15, 0.2) is 36.5 Å². The van der Waals surface area contributed by atoms with Crippen LogP contribution in [-0.4, -0.2) is 44.4 Å². The fourth-order valence-corrected chi connectivity index (χ4v) is 7.23. The van der Waals surface area contributed by atoms with Gasteiger partial charge in [0, 0.05) is 36.3 Å². The number of rotatable bonds is 9. The molecule has 0 aromatic carbocycles. The second-order valence-electron chi connectivity index (χ2n) is 11.5.